The Kier molecular flexibility index (Phi) is 6.12. The molecule has 0 radical (unpaired) electrons. The molecule has 4 rings (SSSR count). The van der Waals surface area contributed by atoms with Crippen LogP contribution in [0.3, 0.4) is 0 Å². The van der Waals surface area contributed by atoms with Gasteiger partial charge in [-0.3, -0.25) is 4.79 Å². The number of nitrogen functional groups attached to an aromatic ring is 1. The van der Waals surface area contributed by atoms with Crippen molar-refractivity contribution in [1.29, 1.82) is 0 Å². The van der Waals surface area contributed by atoms with Crippen molar-refractivity contribution >= 4 is 35.2 Å². The lowest BCUT2D eigenvalue weighted by Crippen LogP contribution is -1.98. The van der Waals surface area contributed by atoms with Crippen molar-refractivity contribution in [1.82, 2.24) is 10.2 Å². The number of halogens is 3. The van der Waals surface area contributed by atoms with E-state index in [2.05, 4.69) is 10.2 Å². The highest BCUT2D eigenvalue weighted by Gasteiger charge is 2.19. The monoisotopic (exact) mass is 471 g/mol. The van der Waals surface area contributed by atoms with E-state index in [1.54, 1.807) is 24.3 Å². The molecule has 0 amide bonds. The van der Waals surface area contributed by atoms with Gasteiger partial charge in [-0.15, -0.1) is 10.2 Å². The van der Waals surface area contributed by atoms with Crippen LogP contribution in [0.2, 0.25) is 10.0 Å². The Morgan fingerprint density at radius 3 is 2.66 bits per heavy atom. The molecule has 0 aliphatic rings. The second-order valence-corrected chi connectivity index (χ2v) is 7.89. The number of benzene rings is 3. The van der Waals surface area contributed by atoms with Gasteiger partial charge in [-0.2, -0.15) is 0 Å². The van der Waals surface area contributed by atoms with E-state index in [4.69, 9.17) is 38.1 Å². The summed E-state index contributed by atoms with van der Waals surface area (Å²) in [6.07, 6.45) is 0.784. The van der Waals surface area contributed by atoms with Crippen LogP contribution in [-0.2, 0) is 6.42 Å². The van der Waals surface area contributed by atoms with Crippen molar-refractivity contribution in [2.24, 2.45) is 0 Å². The fraction of sp³-hybridized carbons (Fsp3) is 0.0870. The number of aryl methyl sites for hydroxylation is 1. The molecule has 0 aliphatic heterocycles. The minimum atomic E-state index is -0.665. The second-order valence-electron chi connectivity index (χ2n) is 7.04. The Balaban J connectivity index is 1.60. The van der Waals surface area contributed by atoms with Crippen LogP contribution in [0.15, 0.2) is 52.9 Å². The summed E-state index contributed by atoms with van der Waals surface area (Å²) in [7, 11) is 0. The van der Waals surface area contributed by atoms with E-state index in [1.807, 2.05) is 6.92 Å². The van der Waals surface area contributed by atoms with Crippen molar-refractivity contribution in [2.75, 3.05) is 5.73 Å². The predicted molar refractivity (Wildman–Crippen MR) is 120 cm³/mol. The zero-order chi connectivity index (χ0) is 22.8. The molecule has 9 heteroatoms. The maximum absolute atomic E-state index is 15.2. The molecule has 0 bridgehead atoms. The maximum Gasteiger partial charge on any atom is 0.248 e. The zero-order valence-electron chi connectivity index (χ0n) is 16.7. The first-order valence-corrected chi connectivity index (χ1v) is 10.2. The number of aldehydes is 1. The SMILES string of the molecule is Cc1cc(C=O)ccc1-c1nnc(Cc2ccc(Cl)c(Oc3cc(N)cc(Cl)c3)c2F)o1. The highest BCUT2D eigenvalue weighted by molar-refractivity contribution is 6.32. The zero-order valence-corrected chi connectivity index (χ0v) is 18.2. The van der Waals surface area contributed by atoms with Gasteiger partial charge in [0.1, 0.15) is 12.0 Å². The molecule has 0 unspecified atom stereocenters. The average molecular weight is 472 g/mol. The topological polar surface area (TPSA) is 91.2 Å². The number of hydrogen-bond acceptors (Lipinski definition) is 6. The van der Waals surface area contributed by atoms with Crippen molar-refractivity contribution in [3.05, 3.63) is 87.0 Å². The molecule has 32 heavy (non-hydrogen) atoms. The van der Waals surface area contributed by atoms with Crippen LogP contribution in [0.1, 0.15) is 27.4 Å². The van der Waals surface area contributed by atoms with Gasteiger partial charge >= 0.3 is 0 Å². The van der Waals surface area contributed by atoms with Crippen LogP contribution < -0.4 is 10.5 Å². The third-order valence-electron chi connectivity index (χ3n) is 4.67. The summed E-state index contributed by atoms with van der Waals surface area (Å²) < 4.78 is 26.5. The molecule has 0 atom stereocenters. The molecule has 0 fully saturated rings. The van der Waals surface area contributed by atoms with Gasteiger partial charge in [0.05, 0.1) is 11.4 Å². The molecular weight excluding hydrogens is 456 g/mol. The molecule has 0 saturated carbocycles. The number of nitrogens with zero attached hydrogens (tertiary/aromatic N) is 2. The van der Waals surface area contributed by atoms with Gasteiger partial charge in [0, 0.05) is 33.5 Å². The molecule has 2 N–H and O–H groups in total. The van der Waals surface area contributed by atoms with E-state index < -0.39 is 5.82 Å². The van der Waals surface area contributed by atoms with E-state index in [1.165, 1.54) is 24.3 Å². The van der Waals surface area contributed by atoms with Crippen molar-refractivity contribution in [3.8, 4) is 23.0 Å². The van der Waals surface area contributed by atoms with Gasteiger partial charge in [-0.25, -0.2) is 4.39 Å². The molecule has 3 aromatic carbocycles. The minimum Gasteiger partial charge on any atom is -0.453 e. The second kappa shape index (κ2) is 8.98. The lowest BCUT2D eigenvalue weighted by molar-refractivity contribution is 0.112. The quantitative estimate of drug-likeness (QED) is 0.263. The molecule has 4 aromatic rings. The number of carbonyl (C=O) groups is 1. The van der Waals surface area contributed by atoms with Crippen LogP contribution in [0, 0.1) is 12.7 Å². The summed E-state index contributed by atoms with van der Waals surface area (Å²) in [4.78, 5) is 10.9. The summed E-state index contributed by atoms with van der Waals surface area (Å²) in [6.45, 7) is 1.83. The van der Waals surface area contributed by atoms with Gasteiger partial charge < -0.3 is 14.9 Å². The molecule has 162 valence electrons. The summed E-state index contributed by atoms with van der Waals surface area (Å²) in [5.74, 6) is -0.0938. The lowest BCUT2D eigenvalue weighted by atomic mass is 10.1. The van der Waals surface area contributed by atoms with Crippen LogP contribution in [-0.4, -0.2) is 16.5 Å². The summed E-state index contributed by atoms with van der Waals surface area (Å²) in [5.41, 5.74) is 8.42. The molecule has 1 heterocycles. The highest BCUT2D eigenvalue weighted by atomic mass is 35.5. The average Bonchev–Trinajstić information content (AvgIpc) is 3.20. The van der Waals surface area contributed by atoms with E-state index in [9.17, 15) is 4.79 Å². The van der Waals surface area contributed by atoms with Crippen LogP contribution in [0.25, 0.3) is 11.5 Å². The van der Waals surface area contributed by atoms with E-state index in [-0.39, 0.29) is 40.3 Å². The first-order chi connectivity index (χ1) is 15.3. The summed E-state index contributed by atoms with van der Waals surface area (Å²) in [6, 6.07) is 12.7. The standard InChI is InChI=1S/C23H16Cl2FN3O3/c1-12-6-13(11-30)2-4-18(12)23-29-28-20(32-23)7-14-3-5-19(25)22(21(14)26)31-17-9-15(24)8-16(27)10-17/h2-6,8-11H,7,27H2,1H3. The number of nitrogens with two attached hydrogens (primary N) is 1. The van der Waals surface area contributed by atoms with Gasteiger partial charge in [0.25, 0.3) is 0 Å². The van der Waals surface area contributed by atoms with Gasteiger partial charge in [0.15, 0.2) is 11.6 Å². The Morgan fingerprint density at radius 1 is 1.12 bits per heavy atom. The fourth-order valence-corrected chi connectivity index (χ4v) is 3.58. The van der Waals surface area contributed by atoms with Crippen LogP contribution in [0.4, 0.5) is 10.1 Å². The third kappa shape index (κ3) is 4.59. The largest absolute Gasteiger partial charge is 0.453 e. The Labute approximate surface area is 192 Å². The molecule has 0 aliphatic carbocycles. The molecule has 0 saturated heterocycles. The number of ether oxygens (including phenoxy) is 1. The Hall–Kier alpha value is -3.42. The van der Waals surface area contributed by atoms with E-state index >= 15 is 4.39 Å². The molecule has 1 aromatic heterocycles. The molecule has 0 spiro atoms. The first kappa shape index (κ1) is 21.8. The third-order valence-corrected chi connectivity index (χ3v) is 5.18. The van der Waals surface area contributed by atoms with E-state index in [0.717, 1.165) is 11.8 Å². The smallest absolute Gasteiger partial charge is 0.248 e. The Bertz CT molecular complexity index is 1300. The number of hydrogen-bond donors (Lipinski definition) is 1. The fourth-order valence-electron chi connectivity index (χ4n) is 3.16. The number of anilines is 1. The predicted octanol–water partition coefficient (Wildman–Crippen LogP) is 6.27. The van der Waals surface area contributed by atoms with Crippen LogP contribution >= 0.6 is 23.2 Å². The summed E-state index contributed by atoms with van der Waals surface area (Å²) >= 11 is 12.1. The van der Waals surface area contributed by atoms with Gasteiger partial charge in [-0.1, -0.05) is 35.3 Å². The van der Waals surface area contributed by atoms with Crippen molar-refractivity contribution in [2.45, 2.75) is 13.3 Å². The normalized spacial score (nSPS) is 10.9. The van der Waals surface area contributed by atoms with Crippen molar-refractivity contribution < 1.29 is 18.3 Å². The number of rotatable bonds is 6. The molecular formula is C23H16Cl2FN3O3. The van der Waals surface area contributed by atoms with E-state index in [0.29, 0.717) is 21.8 Å². The minimum absolute atomic E-state index is 0.0233. The lowest BCUT2D eigenvalue weighted by Gasteiger charge is -2.12. The number of carbonyl (C=O) groups excluding carboxylic acids is 1. The highest BCUT2D eigenvalue weighted by Crippen LogP contribution is 2.36. The van der Waals surface area contributed by atoms with Gasteiger partial charge in [-0.05, 0) is 42.8 Å². The number of aromatic nitrogens is 2. The Morgan fingerprint density at radius 2 is 1.94 bits per heavy atom. The summed E-state index contributed by atoms with van der Waals surface area (Å²) in [5, 5.41) is 8.49. The van der Waals surface area contributed by atoms with Crippen molar-refractivity contribution in [3.63, 3.8) is 0 Å². The maximum atomic E-state index is 15.2. The first-order valence-electron chi connectivity index (χ1n) is 9.43. The molecule has 6 nitrogen and oxygen atoms in total. The van der Waals surface area contributed by atoms with Gasteiger partial charge in [0.2, 0.25) is 11.8 Å². The van der Waals surface area contributed by atoms with Crippen LogP contribution in [0.5, 0.6) is 11.5 Å².